The lowest BCUT2D eigenvalue weighted by atomic mass is 10.2. The Morgan fingerprint density at radius 1 is 1.31 bits per heavy atom. The van der Waals surface area contributed by atoms with Gasteiger partial charge in [-0.1, -0.05) is 11.6 Å². The second-order valence-electron chi connectivity index (χ2n) is 5.13. The third kappa shape index (κ3) is 5.92. The van der Waals surface area contributed by atoms with E-state index in [2.05, 4.69) is 20.6 Å². The van der Waals surface area contributed by atoms with Gasteiger partial charge in [0.2, 0.25) is 11.8 Å². The van der Waals surface area contributed by atoms with E-state index < -0.39 is 18.9 Å². The first-order valence-electron chi connectivity index (χ1n) is 7.42. The molecule has 0 fully saturated rings. The summed E-state index contributed by atoms with van der Waals surface area (Å²) in [4.78, 5) is 31.0. The van der Waals surface area contributed by atoms with Gasteiger partial charge in [-0.25, -0.2) is 18.7 Å². The second-order valence-corrected chi connectivity index (χ2v) is 5.53. The van der Waals surface area contributed by atoms with Crippen LogP contribution in [0, 0.1) is 0 Å². The number of nitrogens with one attached hydrogen (secondary N) is 2. The predicted molar refractivity (Wildman–Crippen MR) is 90.5 cm³/mol. The Labute approximate surface area is 152 Å². The molecule has 0 atom stereocenters. The van der Waals surface area contributed by atoms with Crippen LogP contribution in [0.5, 0.6) is 5.88 Å². The van der Waals surface area contributed by atoms with Crippen molar-refractivity contribution in [3.8, 4) is 5.88 Å². The van der Waals surface area contributed by atoms with Crippen molar-refractivity contribution in [2.24, 2.45) is 0 Å². The van der Waals surface area contributed by atoms with Gasteiger partial charge in [0.05, 0.1) is 0 Å². The van der Waals surface area contributed by atoms with Crippen LogP contribution in [0.15, 0.2) is 30.6 Å². The molecule has 10 heteroatoms. The first kappa shape index (κ1) is 19.5. The normalized spacial score (nSPS) is 10.5. The number of carbonyl (C=O) groups is 2. The lowest BCUT2D eigenvalue weighted by molar-refractivity contribution is -0.114. The highest BCUT2D eigenvalue weighted by atomic mass is 35.5. The summed E-state index contributed by atoms with van der Waals surface area (Å²) in [5.41, 5.74) is 0.864. The lowest BCUT2D eigenvalue weighted by Crippen LogP contribution is -2.23. The zero-order chi connectivity index (χ0) is 19.1. The average Bonchev–Trinajstić information content (AvgIpc) is 2.58. The highest BCUT2D eigenvalue weighted by Crippen LogP contribution is 2.22. The molecule has 2 aromatic rings. The van der Waals surface area contributed by atoms with Crippen LogP contribution < -0.4 is 15.4 Å². The van der Waals surface area contributed by atoms with Crippen molar-refractivity contribution in [3.63, 3.8) is 0 Å². The highest BCUT2D eigenvalue weighted by Gasteiger charge is 2.11. The molecule has 0 saturated carbocycles. The summed E-state index contributed by atoms with van der Waals surface area (Å²) in [7, 11) is 0. The quantitative estimate of drug-likeness (QED) is 0.765. The molecular formula is C16H15ClF2N4O3. The van der Waals surface area contributed by atoms with Crippen molar-refractivity contribution in [3.05, 3.63) is 46.7 Å². The number of pyridine rings is 2. The van der Waals surface area contributed by atoms with Gasteiger partial charge in [-0.05, 0) is 23.8 Å². The summed E-state index contributed by atoms with van der Waals surface area (Å²) in [5, 5.41) is 5.20. The van der Waals surface area contributed by atoms with Gasteiger partial charge < -0.3 is 15.4 Å². The molecule has 0 aliphatic carbocycles. The van der Waals surface area contributed by atoms with Gasteiger partial charge in [-0.15, -0.1) is 0 Å². The summed E-state index contributed by atoms with van der Waals surface area (Å²) in [6.07, 6.45) is 0.130. The molecule has 2 heterocycles. The standard InChI is InChI=1S/C16H15ClF2N4O3/c1-9(24)23-14-5-11(2-3-20-14)15(25)21-6-10-4-12(17)16(22-7-10)26-8-13(18)19/h2-5,7,13H,6,8H2,1H3,(H,21,25)(H,20,23,24). The molecule has 0 aliphatic rings. The first-order valence-corrected chi connectivity index (χ1v) is 7.80. The molecule has 138 valence electrons. The third-order valence-corrected chi connectivity index (χ3v) is 3.26. The van der Waals surface area contributed by atoms with E-state index >= 15 is 0 Å². The minimum absolute atomic E-state index is 0.0641. The largest absolute Gasteiger partial charge is 0.471 e. The van der Waals surface area contributed by atoms with Crippen molar-refractivity contribution in [2.75, 3.05) is 11.9 Å². The summed E-state index contributed by atoms with van der Waals surface area (Å²) >= 11 is 5.92. The average molecular weight is 385 g/mol. The number of amides is 2. The fraction of sp³-hybridized carbons (Fsp3) is 0.250. The fourth-order valence-electron chi connectivity index (χ4n) is 1.91. The monoisotopic (exact) mass is 384 g/mol. The lowest BCUT2D eigenvalue weighted by Gasteiger charge is -2.09. The van der Waals surface area contributed by atoms with Gasteiger partial charge >= 0.3 is 0 Å². The maximum absolute atomic E-state index is 12.2. The van der Waals surface area contributed by atoms with Crippen LogP contribution in [0.2, 0.25) is 5.02 Å². The summed E-state index contributed by atoms with van der Waals surface area (Å²) in [6, 6.07) is 4.39. The highest BCUT2D eigenvalue weighted by molar-refractivity contribution is 6.31. The van der Waals surface area contributed by atoms with E-state index in [0.29, 0.717) is 11.1 Å². The van der Waals surface area contributed by atoms with Gasteiger partial charge in [0.1, 0.15) is 10.8 Å². The minimum atomic E-state index is -2.63. The number of hydrogen-bond donors (Lipinski definition) is 2. The van der Waals surface area contributed by atoms with Gasteiger partial charge in [-0.2, -0.15) is 0 Å². The van der Waals surface area contributed by atoms with Crippen LogP contribution in [-0.4, -0.2) is 34.8 Å². The van der Waals surface area contributed by atoms with Gasteiger partial charge in [0, 0.05) is 31.4 Å². The molecule has 0 bridgehead atoms. The van der Waals surface area contributed by atoms with E-state index in [-0.39, 0.29) is 29.2 Å². The molecule has 0 spiro atoms. The number of rotatable bonds is 7. The van der Waals surface area contributed by atoms with Gasteiger partial charge in [-0.3, -0.25) is 9.59 Å². The van der Waals surface area contributed by atoms with E-state index in [1.54, 1.807) is 0 Å². The molecule has 0 aliphatic heterocycles. The third-order valence-electron chi connectivity index (χ3n) is 2.99. The number of nitrogens with zero attached hydrogens (tertiary/aromatic N) is 2. The summed E-state index contributed by atoms with van der Waals surface area (Å²) in [5.74, 6) is -0.537. The summed E-state index contributed by atoms with van der Waals surface area (Å²) in [6.45, 7) is 0.639. The Bertz CT molecular complexity index is 805. The van der Waals surface area contributed by atoms with E-state index in [1.165, 1.54) is 37.5 Å². The predicted octanol–water partition coefficient (Wildman–Crippen LogP) is 2.66. The molecule has 7 nitrogen and oxygen atoms in total. The van der Waals surface area contributed by atoms with E-state index in [1.807, 2.05) is 0 Å². The zero-order valence-electron chi connectivity index (χ0n) is 13.6. The molecule has 0 radical (unpaired) electrons. The van der Waals surface area contributed by atoms with Crippen LogP contribution in [-0.2, 0) is 11.3 Å². The number of halogens is 3. The number of anilines is 1. The van der Waals surface area contributed by atoms with Crippen molar-refractivity contribution in [1.29, 1.82) is 0 Å². The Morgan fingerprint density at radius 2 is 2.08 bits per heavy atom. The van der Waals surface area contributed by atoms with Crippen molar-refractivity contribution < 1.29 is 23.1 Å². The molecule has 2 amide bonds. The van der Waals surface area contributed by atoms with Crippen molar-refractivity contribution in [1.82, 2.24) is 15.3 Å². The van der Waals surface area contributed by atoms with Crippen LogP contribution in [0.4, 0.5) is 14.6 Å². The topological polar surface area (TPSA) is 93.2 Å². The Hall–Kier alpha value is -2.81. The smallest absolute Gasteiger partial charge is 0.272 e. The SMILES string of the molecule is CC(=O)Nc1cc(C(=O)NCc2cnc(OCC(F)F)c(Cl)c2)ccn1. The molecule has 0 unspecified atom stereocenters. The molecule has 26 heavy (non-hydrogen) atoms. The van der Waals surface area contributed by atoms with E-state index in [4.69, 9.17) is 16.3 Å². The first-order chi connectivity index (χ1) is 12.3. The maximum Gasteiger partial charge on any atom is 0.272 e. The van der Waals surface area contributed by atoms with E-state index in [9.17, 15) is 18.4 Å². The van der Waals surface area contributed by atoms with Gasteiger partial charge in [0.15, 0.2) is 6.61 Å². The number of aromatic nitrogens is 2. The van der Waals surface area contributed by atoms with E-state index in [0.717, 1.165) is 0 Å². The van der Waals surface area contributed by atoms with Crippen LogP contribution in [0.3, 0.4) is 0 Å². The molecule has 2 rings (SSSR count). The number of hydrogen-bond acceptors (Lipinski definition) is 5. The Kier molecular flexibility index (Phi) is 6.79. The molecule has 2 N–H and O–H groups in total. The number of alkyl halides is 2. The van der Waals surface area contributed by atoms with Crippen molar-refractivity contribution in [2.45, 2.75) is 19.9 Å². The summed E-state index contributed by atoms with van der Waals surface area (Å²) < 4.78 is 29.0. The fourth-order valence-corrected chi connectivity index (χ4v) is 2.16. The molecule has 0 saturated heterocycles. The molecule has 0 aromatic carbocycles. The zero-order valence-corrected chi connectivity index (χ0v) is 14.4. The van der Waals surface area contributed by atoms with Crippen LogP contribution in [0.25, 0.3) is 0 Å². The number of carbonyl (C=O) groups excluding carboxylic acids is 2. The van der Waals surface area contributed by atoms with Crippen LogP contribution >= 0.6 is 11.6 Å². The number of ether oxygens (including phenoxy) is 1. The molecular weight excluding hydrogens is 370 g/mol. The molecule has 2 aromatic heterocycles. The van der Waals surface area contributed by atoms with Crippen molar-refractivity contribution >= 4 is 29.2 Å². The van der Waals surface area contributed by atoms with Crippen LogP contribution in [0.1, 0.15) is 22.8 Å². The maximum atomic E-state index is 12.2. The Balaban J connectivity index is 1.97. The Morgan fingerprint density at radius 3 is 2.73 bits per heavy atom. The van der Waals surface area contributed by atoms with Gasteiger partial charge in [0.25, 0.3) is 12.3 Å². The second kappa shape index (κ2) is 9.04. The minimum Gasteiger partial charge on any atom is -0.471 e.